The molecule has 5 nitrogen and oxygen atoms in total. The molecule has 126 valence electrons. The molecule has 1 aromatic carbocycles. The van der Waals surface area contributed by atoms with Crippen LogP contribution in [0.4, 0.5) is 0 Å². The van der Waals surface area contributed by atoms with Crippen molar-refractivity contribution in [3.05, 3.63) is 53.9 Å². The molecule has 0 saturated carbocycles. The number of benzene rings is 1. The molecule has 2 rings (SSSR count). The number of likely N-dealkylation sites (N-methyl/N-ethyl adjacent to an activating group) is 2. The first-order valence-corrected chi connectivity index (χ1v) is 7.64. The number of hydrogen-bond donors (Lipinski definition) is 1. The molecule has 6 heteroatoms. The summed E-state index contributed by atoms with van der Waals surface area (Å²) in [5, 5.41) is 7.25. The maximum absolute atomic E-state index is 12.8. The summed E-state index contributed by atoms with van der Waals surface area (Å²) >= 11 is 0. The second-order valence-corrected chi connectivity index (χ2v) is 5.32. The number of aromatic nitrogens is 2. The van der Waals surface area contributed by atoms with Crippen LogP contribution >= 0.6 is 12.4 Å². The zero-order chi connectivity index (χ0) is 15.9. The van der Waals surface area contributed by atoms with Crippen LogP contribution in [0.15, 0.2) is 42.7 Å². The van der Waals surface area contributed by atoms with E-state index in [1.54, 1.807) is 17.9 Å². The van der Waals surface area contributed by atoms with Gasteiger partial charge in [-0.05, 0) is 26.0 Å². The average molecular weight is 337 g/mol. The van der Waals surface area contributed by atoms with Gasteiger partial charge >= 0.3 is 0 Å². The number of halogens is 1. The van der Waals surface area contributed by atoms with Crippen LogP contribution in [0.25, 0.3) is 0 Å². The topological polar surface area (TPSA) is 50.2 Å². The lowest BCUT2D eigenvalue weighted by molar-refractivity contribution is -0.133. The van der Waals surface area contributed by atoms with Crippen molar-refractivity contribution in [1.82, 2.24) is 20.0 Å². The molecule has 1 unspecified atom stereocenters. The Morgan fingerprint density at radius 3 is 2.57 bits per heavy atom. The van der Waals surface area contributed by atoms with E-state index in [-0.39, 0.29) is 24.4 Å². The lowest BCUT2D eigenvalue weighted by Crippen LogP contribution is -2.40. The number of hydrogen-bond acceptors (Lipinski definition) is 3. The van der Waals surface area contributed by atoms with E-state index in [1.165, 1.54) is 5.56 Å². The maximum Gasteiger partial charge on any atom is 0.244 e. The third kappa shape index (κ3) is 5.08. The van der Waals surface area contributed by atoms with Crippen LogP contribution < -0.4 is 5.32 Å². The van der Waals surface area contributed by atoms with Crippen molar-refractivity contribution in [3.63, 3.8) is 0 Å². The van der Waals surface area contributed by atoms with Crippen molar-refractivity contribution in [2.45, 2.75) is 19.4 Å². The highest BCUT2D eigenvalue weighted by atomic mass is 35.5. The molecule has 0 bridgehead atoms. The lowest BCUT2D eigenvalue weighted by atomic mass is 10.1. The molecule has 1 aromatic heterocycles. The Hall–Kier alpha value is -1.85. The summed E-state index contributed by atoms with van der Waals surface area (Å²) < 4.78 is 1.72. The van der Waals surface area contributed by atoms with Crippen LogP contribution in [0.5, 0.6) is 0 Å². The quantitative estimate of drug-likeness (QED) is 0.843. The van der Waals surface area contributed by atoms with Gasteiger partial charge in [0.15, 0.2) is 0 Å². The van der Waals surface area contributed by atoms with Crippen LogP contribution in [0.2, 0.25) is 0 Å². The van der Waals surface area contributed by atoms with Gasteiger partial charge < -0.3 is 10.2 Å². The van der Waals surface area contributed by atoms with Gasteiger partial charge in [0.1, 0.15) is 6.04 Å². The Labute approximate surface area is 144 Å². The van der Waals surface area contributed by atoms with Gasteiger partial charge in [-0.2, -0.15) is 5.10 Å². The van der Waals surface area contributed by atoms with Gasteiger partial charge in [0, 0.05) is 31.9 Å². The van der Waals surface area contributed by atoms with Crippen LogP contribution in [0.3, 0.4) is 0 Å². The summed E-state index contributed by atoms with van der Waals surface area (Å²) in [6.07, 6.45) is 4.48. The highest BCUT2D eigenvalue weighted by Crippen LogP contribution is 2.15. The largest absolute Gasteiger partial charge is 0.341 e. The Morgan fingerprint density at radius 1 is 1.35 bits per heavy atom. The monoisotopic (exact) mass is 336 g/mol. The van der Waals surface area contributed by atoms with Crippen molar-refractivity contribution in [3.8, 4) is 0 Å². The number of carbonyl (C=O) groups excluding carboxylic acids is 1. The van der Waals surface area contributed by atoms with Crippen LogP contribution in [-0.2, 0) is 18.3 Å². The van der Waals surface area contributed by atoms with Gasteiger partial charge in [-0.25, -0.2) is 0 Å². The van der Waals surface area contributed by atoms with Gasteiger partial charge in [0.2, 0.25) is 5.91 Å². The van der Waals surface area contributed by atoms with Gasteiger partial charge in [-0.3, -0.25) is 9.48 Å². The Kier molecular flexibility index (Phi) is 7.78. The normalized spacial score (nSPS) is 11.6. The minimum absolute atomic E-state index is 0. The molecule has 1 amide bonds. The fourth-order valence-electron chi connectivity index (χ4n) is 2.54. The molecule has 0 aliphatic rings. The third-order valence-corrected chi connectivity index (χ3v) is 3.80. The first kappa shape index (κ1) is 19.2. The number of nitrogens with one attached hydrogen (secondary N) is 1. The van der Waals surface area contributed by atoms with Crippen LogP contribution in [-0.4, -0.2) is 40.7 Å². The molecule has 0 spiro atoms. The molecular formula is C17H25ClN4O. The molecule has 0 saturated heterocycles. The van der Waals surface area contributed by atoms with Crippen molar-refractivity contribution in [1.29, 1.82) is 0 Å². The molecule has 1 N–H and O–H groups in total. The predicted octanol–water partition coefficient (Wildman–Crippen LogP) is 2.19. The van der Waals surface area contributed by atoms with E-state index in [0.717, 1.165) is 18.5 Å². The molecule has 23 heavy (non-hydrogen) atoms. The SMILES string of the molecule is CCN(CCc1ccccc1)C(=O)C(NC)c1cnn(C)c1.Cl. The number of nitrogens with zero attached hydrogens (tertiary/aromatic N) is 3. The highest BCUT2D eigenvalue weighted by Gasteiger charge is 2.24. The van der Waals surface area contributed by atoms with Crippen LogP contribution in [0.1, 0.15) is 24.1 Å². The van der Waals surface area contributed by atoms with Gasteiger partial charge in [-0.15, -0.1) is 12.4 Å². The number of amides is 1. The van der Waals surface area contributed by atoms with Gasteiger partial charge in [0.05, 0.1) is 6.20 Å². The highest BCUT2D eigenvalue weighted by molar-refractivity contribution is 5.85. The fourth-order valence-corrected chi connectivity index (χ4v) is 2.54. The standard InChI is InChI=1S/C17H24N4O.ClH/c1-4-21(11-10-14-8-6-5-7-9-14)17(22)16(18-2)15-12-19-20(3)13-15;/h5-9,12-13,16,18H,4,10-11H2,1-3H3;1H. The van der Waals surface area contributed by atoms with E-state index in [2.05, 4.69) is 22.5 Å². The smallest absolute Gasteiger partial charge is 0.244 e. The minimum Gasteiger partial charge on any atom is -0.341 e. The first-order valence-electron chi connectivity index (χ1n) is 7.64. The molecule has 0 fully saturated rings. The van der Waals surface area contributed by atoms with Crippen molar-refractivity contribution in [2.24, 2.45) is 7.05 Å². The molecule has 1 heterocycles. The summed E-state index contributed by atoms with van der Waals surface area (Å²) in [4.78, 5) is 14.7. The average Bonchev–Trinajstić information content (AvgIpc) is 2.96. The Bertz CT molecular complexity index is 600. The second-order valence-electron chi connectivity index (χ2n) is 5.32. The molecule has 0 aliphatic heterocycles. The third-order valence-electron chi connectivity index (χ3n) is 3.80. The summed E-state index contributed by atoms with van der Waals surface area (Å²) in [6, 6.07) is 9.90. The molecule has 2 aromatic rings. The summed E-state index contributed by atoms with van der Waals surface area (Å²) in [5.41, 5.74) is 2.14. The molecule has 1 atom stereocenters. The first-order chi connectivity index (χ1) is 10.7. The van der Waals surface area contributed by atoms with Gasteiger partial charge in [-0.1, -0.05) is 30.3 Å². The summed E-state index contributed by atoms with van der Waals surface area (Å²) in [7, 11) is 3.66. The van der Waals surface area contributed by atoms with Crippen molar-refractivity contribution >= 4 is 18.3 Å². The molecule has 0 radical (unpaired) electrons. The predicted molar refractivity (Wildman–Crippen MR) is 94.7 cm³/mol. The fraction of sp³-hybridized carbons (Fsp3) is 0.412. The number of rotatable bonds is 7. The van der Waals surface area contributed by atoms with Crippen molar-refractivity contribution in [2.75, 3.05) is 20.1 Å². The van der Waals surface area contributed by atoms with Gasteiger partial charge in [0.25, 0.3) is 0 Å². The van der Waals surface area contributed by atoms with E-state index >= 15 is 0 Å². The Morgan fingerprint density at radius 2 is 2.04 bits per heavy atom. The lowest BCUT2D eigenvalue weighted by Gasteiger charge is -2.25. The number of aryl methyl sites for hydroxylation is 1. The summed E-state index contributed by atoms with van der Waals surface area (Å²) in [5.74, 6) is 0.0916. The molecule has 0 aliphatic carbocycles. The zero-order valence-corrected chi connectivity index (χ0v) is 14.7. The second kappa shape index (κ2) is 9.33. The maximum atomic E-state index is 12.8. The zero-order valence-electron chi connectivity index (χ0n) is 13.9. The van der Waals surface area contributed by atoms with E-state index in [9.17, 15) is 4.79 Å². The van der Waals surface area contributed by atoms with Crippen molar-refractivity contribution < 1.29 is 4.79 Å². The minimum atomic E-state index is -0.343. The van der Waals surface area contributed by atoms with E-state index < -0.39 is 0 Å². The molecular weight excluding hydrogens is 312 g/mol. The summed E-state index contributed by atoms with van der Waals surface area (Å²) in [6.45, 7) is 3.43. The Balaban J connectivity index is 0.00000264. The van der Waals surface area contributed by atoms with E-state index in [4.69, 9.17) is 0 Å². The van der Waals surface area contributed by atoms with E-state index in [0.29, 0.717) is 6.54 Å². The van der Waals surface area contributed by atoms with Crippen LogP contribution in [0, 0.1) is 0 Å². The number of carbonyl (C=O) groups is 1. The van der Waals surface area contributed by atoms with E-state index in [1.807, 2.05) is 43.3 Å².